The van der Waals surface area contributed by atoms with E-state index in [0.717, 1.165) is 27.8 Å². The zero-order chi connectivity index (χ0) is 17.2. The van der Waals surface area contributed by atoms with Crippen molar-refractivity contribution in [1.29, 1.82) is 0 Å². The molecule has 0 amide bonds. The monoisotopic (exact) mass is 329 g/mol. The molecular weight excluding hydrogens is 314 g/mol. The quantitative estimate of drug-likeness (QED) is 0.601. The molecule has 0 atom stereocenters. The fraction of sp³-hybridized carbons (Fsp3) is 0.0500. The van der Waals surface area contributed by atoms with Gasteiger partial charge in [0.15, 0.2) is 5.82 Å². The molecule has 0 fully saturated rings. The molecule has 0 saturated carbocycles. The molecule has 4 aromatic rings. The predicted octanol–water partition coefficient (Wildman–Crippen LogP) is 3.56. The van der Waals surface area contributed by atoms with Gasteiger partial charge in [0.2, 0.25) is 0 Å². The van der Waals surface area contributed by atoms with E-state index in [1.807, 2.05) is 30.3 Å². The first-order chi connectivity index (χ1) is 12.2. The van der Waals surface area contributed by atoms with Crippen LogP contribution in [-0.2, 0) is 6.61 Å². The third kappa shape index (κ3) is 3.05. The van der Waals surface area contributed by atoms with Gasteiger partial charge in [-0.3, -0.25) is 4.98 Å². The van der Waals surface area contributed by atoms with Crippen molar-refractivity contribution in [3.63, 3.8) is 0 Å². The molecule has 2 N–H and O–H groups in total. The number of hydrogen-bond acceptors (Lipinski definition) is 5. The van der Waals surface area contributed by atoms with Crippen LogP contribution in [0.2, 0.25) is 0 Å². The number of aromatic nitrogens is 3. The maximum Gasteiger partial charge on any atom is 0.159 e. The first-order valence-electron chi connectivity index (χ1n) is 7.85. The van der Waals surface area contributed by atoms with Gasteiger partial charge in [-0.25, -0.2) is 9.97 Å². The zero-order valence-corrected chi connectivity index (χ0v) is 13.3. The van der Waals surface area contributed by atoms with Crippen LogP contribution < -0.4 is 0 Å². The highest BCUT2D eigenvalue weighted by molar-refractivity contribution is 5.81. The predicted molar refractivity (Wildman–Crippen MR) is 95.8 cm³/mol. The van der Waals surface area contributed by atoms with Gasteiger partial charge in [-0.2, -0.15) is 0 Å². The minimum atomic E-state index is 0.00200. The van der Waals surface area contributed by atoms with Crippen molar-refractivity contribution < 1.29 is 10.2 Å². The highest BCUT2D eigenvalue weighted by atomic mass is 16.3. The summed E-state index contributed by atoms with van der Waals surface area (Å²) < 4.78 is 0. The second kappa shape index (κ2) is 6.30. The van der Waals surface area contributed by atoms with Gasteiger partial charge in [0.25, 0.3) is 0 Å². The summed E-state index contributed by atoms with van der Waals surface area (Å²) in [4.78, 5) is 13.4. The molecule has 5 heteroatoms. The molecule has 0 spiro atoms. The fourth-order valence-electron chi connectivity index (χ4n) is 2.67. The number of aliphatic hydroxyl groups excluding tert-OH is 1. The number of hydrogen-bond donors (Lipinski definition) is 2. The summed E-state index contributed by atoms with van der Waals surface area (Å²) in [6.45, 7) is 0.00200. The van der Waals surface area contributed by atoms with Gasteiger partial charge >= 0.3 is 0 Å². The van der Waals surface area contributed by atoms with Crippen molar-refractivity contribution in [3.05, 3.63) is 72.6 Å². The van der Waals surface area contributed by atoms with E-state index in [0.29, 0.717) is 11.3 Å². The molecule has 0 aliphatic carbocycles. The van der Waals surface area contributed by atoms with Crippen molar-refractivity contribution in [3.8, 4) is 28.3 Å². The first-order valence-corrected chi connectivity index (χ1v) is 7.85. The van der Waals surface area contributed by atoms with Crippen molar-refractivity contribution in [1.82, 2.24) is 15.0 Å². The number of fused-ring (bicyclic) bond motifs is 1. The number of nitrogens with zero attached hydrogens (tertiary/aromatic N) is 3. The molecule has 5 nitrogen and oxygen atoms in total. The minimum Gasteiger partial charge on any atom is -0.508 e. The highest BCUT2D eigenvalue weighted by Crippen LogP contribution is 2.25. The second-order valence-electron chi connectivity index (χ2n) is 5.73. The van der Waals surface area contributed by atoms with Crippen molar-refractivity contribution in [2.45, 2.75) is 6.61 Å². The van der Waals surface area contributed by atoms with Crippen LogP contribution in [0.5, 0.6) is 5.75 Å². The van der Waals surface area contributed by atoms with Gasteiger partial charge in [-0.15, -0.1) is 0 Å². The molecule has 4 rings (SSSR count). The van der Waals surface area contributed by atoms with Crippen molar-refractivity contribution >= 4 is 11.0 Å². The number of phenols is 1. The summed E-state index contributed by atoms with van der Waals surface area (Å²) in [5.41, 5.74) is 5.04. The maximum absolute atomic E-state index is 9.41. The van der Waals surface area contributed by atoms with Crippen LogP contribution in [0.15, 0.2) is 67.0 Å². The molecule has 0 saturated heterocycles. The highest BCUT2D eigenvalue weighted by Gasteiger charge is 2.07. The molecule has 2 aromatic carbocycles. The number of aromatic hydroxyl groups is 1. The largest absolute Gasteiger partial charge is 0.508 e. The summed E-state index contributed by atoms with van der Waals surface area (Å²) in [6.07, 6.45) is 3.47. The average Bonchev–Trinajstić information content (AvgIpc) is 2.68. The van der Waals surface area contributed by atoms with E-state index < -0.39 is 0 Å². The van der Waals surface area contributed by atoms with E-state index in [1.165, 1.54) is 0 Å². The standard InChI is InChI=1S/C20H15N3O2/c24-12-13-2-1-3-15(8-13)16-9-18-19(21-10-16)11-22-20(23-18)14-4-6-17(25)7-5-14/h1-11,24-25H,12H2. The van der Waals surface area contributed by atoms with E-state index in [4.69, 9.17) is 0 Å². The third-order valence-corrected chi connectivity index (χ3v) is 4.00. The number of rotatable bonds is 3. The molecule has 2 heterocycles. The Labute approximate surface area is 144 Å². The van der Waals surface area contributed by atoms with E-state index in [9.17, 15) is 10.2 Å². The summed E-state index contributed by atoms with van der Waals surface area (Å²) in [5, 5.41) is 18.7. The number of phenolic OH excluding ortho intramolecular Hbond substituents is 1. The van der Waals surface area contributed by atoms with Crippen LogP contribution >= 0.6 is 0 Å². The van der Waals surface area contributed by atoms with Crippen LogP contribution in [0.3, 0.4) is 0 Å². The van der Waals surface area contributed by atoms with Crippen LogP contribution in [0.4, 0.5) is 0 Å². The lowest BCUT2D eigenvalue weighted by Crippen LogP contribution is -1.92. The summed E-state index contributed by atoms with van der Waals surface area (Å²) in [6, 6.07) is 16.4. The van der Waals surface area contributed by atoms with E-state index in [1.54, 1.807) is 36.7 Å². The lowest BCUT2D eigenvalue weighted by Gasteiger charge is -2.06. The Morgan fingerprint density at radius 2 is 1.60 bits per heavy atom. The lowest BCUT2D eigenvalue weighted by atomic mass is 10.0. The van der Waals surface area contributed by atoms with Gasteiger partial charge in [0.05, 0.1) is 18.3 Å². The molecule has 0 radical (unpaired) electrons. The molecule has 25 heavy (non-hydrogen) atoms. The van der Waals surface area contributed by atoms with Crippen LogP contribution in [0, 0.1) is 0 Å². The van der Waals surface area contributed by atoms with Crippen molar-refractivity contribution in [2.75, 3.05) is 0 Å². The van der Waals surface area contributed by atoms with Crippen LogP contribution in [0.25, 0.3) is 33.5 Å². The van der Waals surface area contributed by atoms with Gasteiger partial charge < -0.3 is 10.2 Å². The number of benzene rings is 2. The Balaban J connectivity index is 1.79. The fourth-order valence-corrected chi connectivity index (χ4v) is 2.67. The molecule has 2 aromatic heterocycles. The topological polar surface area (TPSA) is 79.1 Å². The molecule has 122 valence electrons. The van der Waals surface area contributed by atoms with Crippen LogP contribution in [-0.4, -0.2) is 25.2 Å². The SMILES string of the molecule is OCc1cccc(-c2cnc3cnc(-c4ccc(O)cc4)nc3c2)c1. The van der Waals surface area contributed by atoms with Gasteiger partial charge in [-0.1, -0.05) is 18.2 Å². The summed E-state index contributed by atoms with van der Waals surface area (Å²) in [5.74, 6) is 0.785. The Hall–Kier alpha value is -3.31. The molecule has 0 bridgehead atoms. The van der Waals surface area contributed by atoms with E-state index in [2.05, 4.69) is 15.0 Å². The Morgan fingerprint density at radius 1 is 0.760 bits per heavy atom. The van der Waals surface area contributed by atoms with Gasteiger partial charge in [0, 0.05) is 17.3 Å². The smallest absolute Gasteiger partial charge is 0.159 e. The molecule has 0 aliphatic heterocycles. The summed E-state index contributed by atoms with van der Waals surface area (Å²) in [7, 11) is 0. The van der Waals surface area contributed by atoms with Crippen molar-refractivity contribution in [2.24, 2.45) is 0 Å². The van der Waals surface area contributed by atoms with E-state index in [-0.39, 0.29) is 12.4 Å². The van der Waals surface area contributed by atoms with Crippen LogP contribution in [0.1, 0.15) is 5.56 Å². The van der Waals surface area contributed by atoms with Gasteiger partial charge in [0.1, 0.15) is 11.3 Å². The summed E-state index contributed by atoms with van der Waals surface area (Å²) >= 11 is 0. The van der Waals surface area contributed by atoms with E-state index >= 15 is 0 Å². The Bertz CT molecular complexity index is 1050. The zero-order valence-electron chi connectivity index (χ0n) is 13.3. The Kier molecular flexibility index (Phi) is 3.84. The normalized spacial score (nSPS) is 10.9. The molecule has 0 aliphatic rings. The minimum absolute atomic E-state index is 0.00200. The lowest BCUT2D eigenvalue weighted by molar-refractivity contribution is 0.282. The third-order valence-electron chi connectivity index (χ3n) is 4.00. The molecule has 0 unspecified atom stereocenters. The maximum atomic E-state index is 9.41. The average molecular weight is 329 g/mol. The molecular formula is C20H15N3O2. The Morgan fingerprint density at radius 3 is 2.40 bits per heavy atom. The van der Waals surface area contributed by atoms with Gasteiger partial charge in [-0.05, 0) is 47.5 Å². The number of aliphatic hydroxyl groups is 1. The second-order valence-corrected chi connectivity index (χ2v) is 5.73. The number of pyridine rings is 1. The first kappa shape index (κ1) is 15.2.